The summed E-state index contributed by atoms with van der Waals surface area (Å²) < 4.78 is 2.05. The molecule has 0 radical (unpaired) electrons. The minimum atomic E-state index is 0.234. The Kier molecular flexibility index (Phi) is 3.67. The molecule has 3 rings (SSSR count). The Bertz CT molecular complexity index is 780. The van der Waals surface area contributed by atoms with Crippen LogP contribution in [0.1, 0.15) is 11.3 Å². The normalized spacial score (nSPS) is 10.8. The van der Waals surface area contributed by atoms with E-state index in [0.29, 0.717) is 6.54 Å². The van der Waals surface area contributed by atoms with Crippen molar-refractivity contribution in [3.05, 3.63) is 71.0 Å². The average molecular weight is 299 g/mol. The highest BCUT2D eigenvalue weighted by Gasteiger charge is 2.10. The second-order valence-corrected chi connectivity index (χ2v) is 5.38. The van der Waals surface area contributed by atoms with Crippen LogP contribution in [0.3, 0.4) is 0 Å². The number of aromatic nitrogens is 2. The van der Waals surface area contributed by atoms with Crippen molar-refractivity contribution in [2.45, 2.75) is 13.5 Å². The van der Waals surface area contributed by atoms with Gasteiger partial charge in [0.05, 0.1) is 12.2 Å². The summed E-state index contributed by atoms with van der Waals surface area (Å²) in [7, 11) is 0. The number of aromatic hydroxyl groups is 1. The van der Waals surface area contributed by atoms with Gasteiger partial charge in [-0.25, -0.2) is 4.98 Å². The van der Waals surface area contributed by atoms with Crippen LogP contribution >= 0.6 is 11.6 Å². The van der Waals surface area contributed by atoms with Crippen molar-refractivity contribution >= 4 is 11.6 Å². The number of nitrogens with zero attached hydrogens (tertiary/aromatic N) is 2. The maximum absolute atomic E-state index is 9.65. The van der Waals surface area contributed by atoms with Crippen LogP contribution in [0.4, 0.5) is 0 Å². The molecule has 1 aromatic heterocycles. The number of phenols is 1. The van der Waals surface area contributed by atoms with Gasteiger partial charge in [-0.05, 0) is 30.7 Å². The maximum Gasteiger partial charge on any atom is 0.140 e. The quantitative estimate of drug-likeness (QED) is 0.784. The summed E-state index contributed by atoms with van der Waals surface area (Å²) in [5.41, 5.74) is 2.86. The summed E-state index contributed by atoms with van der Waals surface area (Å²) in [5.74, 6) is 1.06. The number of benzene rings is 2. The molecule has 0 spiro atoms. The van der Waals surface area contributed by atoms with Crippen LogP contribution in [0.5, 0.6) is 5.75 Å². The lowest BCUT2D eigenvalue weighted by Gasteiger charge is -2.09. The molecule has 3 aromatic rings. The first kappa shape index (κ1) is 13.7. The van der Waals surface area contributed by atoms with Crippen LogP contribution in [0.2, 0.25) is 5.02 Å². The molecule has 4 heteroatoms. The molecule has 0 amide bonds. The number of halogens is 1. The van der Waals surface area contributed by atoms with Gasteiger partial charge in [0.2, 0.25) is 0 Å². The molecule has 3 nitrogen and oxygen atoms in total. The Morgan fingerprint density at radius 1 is 1.14 bits per heavy atom. The molecule has 0 aliphatic carbocycles. The van der Waals surface area contributed by atoms with E-state index in [1.165, 1.54) is 0 Å². The predicted octanol–water partition coefficient (Wildman–Crippen LogP) is 4.27. The van der Waals surface area contributed by atoms with E-state index in [0.717, 1.165) is 27.7 Å². The highest BCUT2D eigenvalue weighted by atomic mass is 35.5. The van der Waals surface area contributed by atoms with Crippen molar-refractivity contribution in [1.29, 1.82) is 0 Å². The van der Waals surface area contributed by atoms with Gasteiger partial charge in [-0.2, -0.15) is 0 Å². The van der Waals surface area contributed by atoms with Gasteiger partial charge in [0.15, 0.2) is 0 Å². The Balaban J connectivity index is 2.02. The lowest BCUT2D eigenvalue weighted by atomic mass is 10.2. The summed E-state index contributed by atoms with van der Waals surface area (Å²) in [6.07, 6.45) is 1.99. The minimum absolute atomic E-state index is 0.234. The Morgan fingerprint density at radius 2 is 1.95 bits per heavy atom. The molecule has 0 atom stereocenters. The number of hydrogen-bond acceptors (Lipinski definition) is 2. The summed E-state index contributed by atoms with van der Waals surface area (Å²) in [4.78, 5) is 4.56. The first-order chi connectivity index (χ1) is 10.1. The summed E-state index contributed by atoms with van der Waals surface area (Å²) in [6, 6.07) is 14.9. The average Bonchev–Trinajstić information content (AvgIpc) is 2.82. The summed E-state index contributed by atoms with van der Waals surface area (Å²) in [5, 5.41) is 10.4. The maximum atomic E-state index is 9.65. The van der Waals surface area contributed by atoms with Gasteiger partial charge in [-0.3, -0.25) is 0 Å². The molecule has 0 saturated carbocycles. The van der Waals surface area contributed by atoms with E-state index in [-0.39, 0.29) is 5.75 Å². The molecule has 106 valence electrons. The van der Waals surface area contributed by atoms with Gasteiger partial charge in [0.25, 0.3) is 0 Å². The SMILES string of the molecule is Cc1cn(Cc2ccccc2Cl)c(-c2cccc(O)c2)n1. The largest absolute Gasteiger partial charge is 0.508 e. The third-order valence-corrected chi connectivity index (χ3v) is 3.67. The van der Waals surface area contributed by atoms with E-state index in [1.807, 2.05) is 54.1 Å². The van der Waals surface area contributed by atoms with E-state index in [1.54, 1.807) is 12.1 Å². The fourth-order valence-corrected chi connectivity index (χ4v) is 2.55. The fourth-order valence-electron chi connectivity index (χ4n) is 2.35. The molecule has 2 aromatic carbocycles. The molecule has 0 aliphatic heterocycles. The van der Waals surface area contributed by atoms with Gasteiger partial charge < -0.3 is 9.67 Å². The van der Waals surface area contributed by atoms with Crippen molar-refractivity contribution in [2.24, 2.45) is 0 Å². The number of hydrogen-bond donors (Lipinski definition) is 1. The highest BCUT2D eigenvalue weighted by molar-refractivity contribution is 6.31. The lowest BCUT2D eigenvalue weighted by Crippen LogP contribution is -2.01. The molecule has 0 aliphatic rings. The van der Waals surface area contributed by atoms with Crippen LogP contribution in [0, 0.1) is 6.92 Å². The third kappa shape index (κ3) is 2.93. The smallest absolute Gasteiger partial charge is 0.140 e. The van der Waals surface area contributed by atoms with E-state index in [2.05, 4.69) is 4.98 Å². The van der Waals surface area contributed by atoms with Crippen LogP contribution in [-0.4, -0.2) is 14.7 Å². The van der Waals surface area contributed by atoms with Gasteiger partial charge in [0.1, 0.15) is 11.6 Å². The first-order valence-electron chi connectivity index (χ1n) is 6.70. The van der Waals surface area contributed by atoms with Crippen LogP contribution < -0.4 is 0 Å². The monoisotopic (exact) mass is 298 g/mol. The molecule has 0 saturated heterocycles. The van der Waals surface area contributed by atoms with E-state index in [4.69, 9.17) is 11.6 Å². The highest BCUT2D eigenvalue weighted by Crippen LogP contribution is 2.25. The fraction of sp³-hybridized carbons (Fsp3) is 0.118. The van der Waals surface area contributed by atoms with E-state index >= 15 is 0 Å². The zero-order valence-electron chi connectivity index (χ0n) is 11.6. The number of aryl methyl sites for hydroxylation is 1. The van der Waals surface area contributed by atoms with Gasteiger partial charge in [-0.15, -0.1) is 0 Å². The minimum Gasteiger partial charge on any atom is -0.508 e. The second-order valence-electron chi connectivity index (χ2n) is 4.98. The molecule has 0 unspecified atom stereocenters. The van der Waals surface area contributed by atoms with Crippen molar-refractivity contribution in [3.8, 4) is 17.1 Å². The third-order valence-electron chi connectivity index (χ3n) is 3.30. The number of phenolic OH excluding ortho intramolecular Hbond substituents is 1. The Morgan fingerprint density at radius 3 is 2.71 bits per heavy atom. The van der Waals surface area contributed by atoms with Crippen molar-refractivity contribution in [1.82, 2.24) is 9.55 Å². The topological polar surface area (TPSA) is 38.0 Å². The van der Waals surface area contributed by atoms with E-state index in [9.17, 15) is 5.11 Å². The summed E-state index contributed by atoms with van der Waals surface area (Å²) >= 11 is 6.23. The molecule has 0 fully saturated rings. The summed E-state index contributed by atoms with van der Waals surface area (Å²) in [6.45, 7) is 2.60. The number of imidazole rings is 1. The van der Waals surface area contributed by atoms with Crippen molar-refractivity contribution in [2.75, 3.05) is 0 Å². The predicted molar refractivity (Wildman–Crippen MR) is 84.6 cm³/mol. The molecular weight excluding hydrogens is 284 g/mol. The van der Waals surface area contributed by atoms with Crippen molar-refractivity contribution < 1.29 is 5.11 Å². The van der Waals surface area contributed by atoms with Gasteiger partial charge >= 0.3 is 0 Å². The second kappa shape index (κ2) is 5.62. The Hall–Kier alpha value is -2.26. The standard InChI is InChI=1S/C17H15ClN2O/c1-12-10-20(11-14-5-2-3-8-16(14)18)17(19-12)13-6-4-7-15(21)9-13/h2-10,21H,11H2,1H3. The van der Waals surface area contributed by atoms with Gasteiger partial charge in [0, 0.05) is 16.8 Å². The molecule has 0 bridgehead atoms. The van der Waals surface area contributed by atoms with E-state index < -0.39 is 0 Å². The molecule has 21 heavy (non-hydrogen) atoms. The van der Waals surface area contributed by atoms with Crippen LogP contribution in [-0.2, 0) is 6.54 Å². The van der Waals surface area contributed by atoms with Crippen LogP contribution in [0.15, 0.2) is 54.7 Å². The molecule has 1 N–H and O–H groups in total. The zero-order valence-corrected chi connectivity index (χ0v) is 12.4. The van der Waals surface area contributed by atoms with Crippen molar-refractivity contribution in [3.63, 3.8) is 0 Å². The first-order valence-corrected chi connectivity index (χ1v) is 7.08. The zero-order chi connectivity index (χ0) is 14.8. The Labute approximate surface area is 128 Å². The van der Waals surface area contributed by atoms with Gasteiger partial charge in [-0.1, -0.05) is 41.9 Å². The molecular formula is C17H15ClN2O. The van der Waals surface area contributed by atoms with Crippen LogP contribution in [0.25, 0.3) is 11.4 Å². The molecule has 1 heterocycles. The lowest BCUT2D eigenvalue weighted by molar-refractivity contribution is 0.475. The number of rotatable bonds is 3.